The second-order valence-electron chi connectivity index (χ2n) is 7.89. The molecule has 0 aliphatic heterocycles. The number of nitrogens with zero attached hydrogens (tertiary/aromatic N) is 1. The average molecular weight is 481 g/mol. The van der Waals surface area contributed by atoms with E-state index >= 15 is 0 Å². The van der Waals surface area contributed by atoms with E-state index in [0.29, 0.717) is 36.9 Å². The molecule has 0 radical (unpaired) electrons. The minimum atomic E-state index is -0.356. The zero-order valence-electron chi connectivity index (χ0n) is 20.1. The SMILES string of the molecule is C=CCOc1ccc(C(=O)N/N=C/c2cccc(OCc3cccc4ccccc34)c2)cc1OCC. The smallest absolute Gasteiger partial charge is 0.271 e. The predicted octanol–water partition coefficient (Wildman–Crippen LogP) is 6.15. The summed E-state index contributed by atoms with van der Waals surface area (Å²) < 4.78 is 17.2. The van der Waals surface area contributed by atoms with Crippen molar-refractivity contribution in [3.63, 3.8) is 0 Å². The van der Waals surface area contributed by atoms with E-state index in [1.165, 1.54) is 10.8 Å². The highest BCUT2D eigenvalue weighted by Crippen LogP contribution is 2.28. The lowest BCUT2D eigenvalue weighted by Crippen LogP contribution is -2.17. The molecule has 0 spiro atoms. The van der Waals surface area contributed by atoms with Crippen molar-refractivity contribution in [2.45, 2.75) is 13.5 Å². The number of hydrazone groups is 1. The van der Waals surface area contributed by atoms with Crippen molar-refractivity contribution >= 4 is 22.9 Å². The van der Waals surface area contributed by atoms with Crippen LogP contribution in [0.5, 0.6) is 17.2 Å². The van der Waals surface area contributed by atoms with Gasteiger partial charge in [-0.05, 0) is 59.2 Å². The van der Waals surface area contributed by atoms with Crippen molar-refractivity contribution in [1.82, 2.24) is 5.43 Å². The van der Waals surface area contributed by atoms with Gasteiger partial charge < -0.3 is 14.2 Å². The average Bonchev–Trinajstić information content (AvgIpc) is 2.91. The van der Waals surface area contributed by atoms with Gasteiger partial charge >= 0.3 is 0 Å². The maximum atomic E-state index is 12.6. The lowest BCUT2D eigenvalue weighted by atomic mass is 10.1. The van der Waals surface area contributed by atoms with Crippen LogP contribution in [0.3, 0.4) is 0 Å². The number of hydrogen-bond donors (Lipinski definition) is 1. The molecule has 4 aromatic rings. The van der Waals surface area contributed by atoms with Crippen molar-refractivity contribution < 1.29 is 19.0 Å². The first-order valence-electron chi connectivity index (χ1n) is 11.7. The predicted molar refractivity (Wildman–Crippen MR) is 143 cm³/mol. The zero-order valence-corrected chi connectivity index (χ0v) is 20.1. The van der Waals surface area contributed by atoms with Gasteiger partial charge in [-0.2, -0.15) is 5.10 Å². The third-order valence-electron chi connectivity index (χ3n) is 5.37. The van der Waals surface area contributed by atoms with Gasteiger partial charge in [0.05, 0.1) is 12.8 Å². The van der Waals surface area contributed by atoms with Gasteiger partial charge in [0.2, 0.25) is 0 Å². The molecular formula is C30H28N2O4. The third-order valence-corrected chi connectivity index (χ3v) is 5.37. The first-order valence-corrected chi connectivity index (χ1v) is 11.7. The van der Waals surface area contributed by atoms with Crippen molar-refractivity contribution in [2.75, 3.05) is 13.2 Å². The Bertz CT molecular complexity index is 1380. The van der Waals surface area contributed by atoms with Gasteiger partial charge in [-0.1, -0.05) is 67.3 Å². The number of ether oxygens (including phenoxy) is 3. The third kappa shape index (κ3) is 6.30. The molecule has 182 valence electrons. The Labute approximate surface area is 210 Å². The van der Waals surface area contributed by atoms with Crippen LogP contribution in [0.1, 0.15) is 28.4 Å². The molecule has 6 heteroatoms. The maximum Gasteiger partial charge on any atom is 0.271 e. The van der Waals surface area contributed by atoms with Gasteiger partial charge in [0.1, 0.15) is 19.0 Å². The molecule has 6 nitrogen and oxygen atoms in total. The van der Waals surface area contributed by atoms with E-state index in [0.717, 1.165) is 16.9 Å². The fourth-order valence-corrected chi connectivity index (χ4v) is 3.68. The van der Waals surface area contributed by atoms with Crippen molar-refractivity contribution in [2.24, 2.45) is 5.10 Å². The molecule has 1 amide bonds. The largest absolute Gasteiger partial charge is 0.490 e. The highest BCUT2D eigenvalue weighted by Gasteiger charge is 2.11. The summed E-state index contributed by atoms with van der Waals surface area (Å²) in [5, 5.41) is 6.46. The Morgan fingerprint density at radius 1 is 0.917 bits per heavy atom. The maximum absolute atomic E-state index is 12.6. The number of rotatable bonds is 11. The Kier molecular flexibility index (Phi) is 8.33. The molecule has 0 unspecified atom stereocenters. The van der Waals surface area contributed by atoms with Crippen molar-refractivity contribution in [1.29, 1.82) is 0 Å². The van der Waals surface area contributed by atoms with Crippen LogP contribution >= 0.6 is 0 Å². The van der Waals surface area contributed by atoms with Crippen LogP contribution < -0.4 is 19.6 Å². The van der Waals surface area contributed by atoms with Crippen LogP contribution in [-0.2, 0) is 6.61 Å². The number of hydrogen-bond acceptors (Lipinski definition) is 5. The summed E-state index contributed by atoms with van der Waals surface area (Å²) in [7, 11) is 0. The molecule has 4 aromatic carbocycles. The summed E-state index contributed by atoms with van der Waals surface area (Å²) in [6, 6.07) is 27.0. The van der Waals surface area contributed by atoms with Crippen molar-refractivity contribution in [3.05, 3.63) is 114 Å². The minimum absolute atomic E-state index is 0.348. The number of carbonyl (C=O) groups is 1. The van der Waals surface area contributed by atoms with E-state index in [-0.39, 0.29) is 5.91 Å². The summed E-state index contributed by atoms with van der Waals surface area (Å²) in [5.74, 6) is 1.41. The topological polar surface area (TPSA) is 69.2 Å². The second kappa shape index (κ2) is 12.2. The summed E-state index contributed by atoms with van der Waals surface area (Å²) in [6.45, 7) is 6.76. The van der Waals surface area contributed by atoms with Gasteiger partial charge in [-0.3, -0.25) is 4.79 Å². The lowest BCUT2D eigenvalue weighted by molar-refractivity contribution is 0.0954. The monoisotopic (exact) mass is 480 g/mol. The molecule has 0 aliphatic rings. The molecule has 4 rings (SSSR count). The fraction of sp³-hybridized carbons (Fsp3) is 0.133. The second-order valence-corrected chi connectivity index (χ2v) is 7.89. The van der Waals surface area contributed by atoms with Crippen LogP contribution in [0.4, 0.5) is 0 Å². The highest BCUT2D eigenvalue weighted by molar-refractivity contribution is 5.95. The van der Waals surface area contributed by atoms with Gasteiger partial charge in [0, 0.05) is 5.56 Å². The minimum Gasteiger partial charge on any atom is -0.490 e. The molecule has 1 N–H and O–H groups in total. The molecule has 0 fully saturated rings. The quantitative estimate of drug-likeness (QED) is 0.159. The van der Waals surface area contributed by atoms with E-state index < -0.39 is 0 Å². The van der Waals surface area contributed by atoms with Crippen LogP contribution in [0, 0.1) is 0 Å². The number of nitrogens with one attached hydrogen (secondary N) is 1. The molecule has 0 bridgehead atoms. The Morgan fingerprint density at radius 3 is 2.61 bits per heavy atom. The van der Waals surface area contributed by atoms with Gasteiger partial charge in [0.25, 0.3) is 5.91 Å². The van der Waals surface area contributed by atoms with Crippen LogP contribution in [-0.4, -0.2) is 25.3 Å². The fourth-order valence-electron chi connectivity index (χ4n) is 3.68. The number of benzene rings is 4. The van der Waals surface area contributed by atoms with E-state index in [9.17, 15) is 4.79 Å². The van der Waals surface area contributed by atoms with Gasteiger partial charge in [-0.15, -0.1) is 0 Å². The number of fused-ring (bicyclic) bond motifs is 1. The molecule has 0 atom stereocenters. The van der Waals surface area contributed by atoms with E-state index in [1.54, 1.807) is 30.5 Å². The highest BCUT2D eigenvalue weighted by atomic mass is 16.5. The van der Waals surface area contributed by atoms with Gasteiger partial charge in [0.15, 0.2) is 11.5 Å². The summed E-state index contributed by atoms with van der Waals surface area (Å²) in [6.07, 6.45) is 3.22. The summed E-state index contributed by atoms with van der Waals surface area (Å²) in [4.78, 5) is 12.6. The molecule has 0 heterocycles. The van der Waals surface area contributed by atoms with E-state index in [4.69, 9.17) is 14.2 Å². The Morgan fingerprint density at radius 2 is 1.75 bits per heavy atom. The molecule has 0 saturated heterocycles. The lowest BCUT2D eigenvalue weighted by Gasteiger charge is -2.12. The molecule has 0 aliphatic carbocycles. The standard InChI is InChI=1S/C30H28N2O4/c1-3-17-35-28-16-15-24(19-29(28)34-4-2)30(33)32-31-20-22-9-7-13-26(18-22)36-21-25-12-8-11-23-10-5-6-14-27(23)25/h3,5-16,18-20H,1,4,17,21H2,2H3,(H,32,33)/b31-20+. The first-order chi connectivity index (χ1) is 17.7. The molecule has 0 saturated carbocycles. The van der Waals surface area contributed by atoms with E-state index in [2.05, 4.69) is 41.4 Å². The summed E-state index contributed by atoms with van der Waals surface area (Å²) in [5.41, 5.74) is 4.88. The van der Waals surface area contributed by atoms with Crippen LogP contribution in [0.2, 0.25) is 0 Å². The van der Waals surface area contributed by atoms with Gasteiger partial charge in [-0.25, -0.2) is 5.43 Å². The molecule has 0 aromatic heterocycles. The Hall–Kier alpha value is -4.58. The Balaban J connectivity index is 1.38. The number of amides is 1. The first kappa shape index (κ1) is 24.5. The normalized spacial score (nSPS) is 10.8. The van der Waals surface area contributed by atoms with Crippen molar-refractivity contribution in [3.8, 4) is 17.2 Å². The molecular weight excluding hydrogens is 452 g/mol. The van der Waals surface area contributed by atoms with Crippen LogP contribution in [0.25, 0.3) is 10.8 Å². The summed E-state index contributed by atoms with van der Waals surface area (Å²) >= 11 is 0. The molecule has 36 heavy (non-hydrogen) atoms. The van der Waals surface area contributed by atoms with Crippen LogP contribution in [0.15, 0.2) is 103 Å². The zero-order chi connectivity index (χ0) is 25.2. The number of carbonyl (C=O) groups excluding carboxylic acids is 1. The van der Waals surface area contributed by atoms with E-state index in [1.807, 2.05) is 49.4 Å².